The molecule has 0 bridgehead atoms. The average molecular weight is 219 g/mol. The predicted octanol–water partition coefficient (Wildman–Crippen LogP) is 3.05. The van der Waals surface area contributed by atoms with Gasteiger partial charge in [0.15, 0.2) is 0 Å². The number of amides is 1. The van der Waals surface area contributed by atoms with Crippen LogP contribution in [-0.4, -0.2) is 5.91 Å². The van der Waals surface area contributed by atoms with Gasteiger partial charge in [0.25, 0.3) is 0 Å². The molecule has 0 saturated heterocycles. The Bertz CT molecular complexity index is 408. The van der Waals surface area contributed by atoms with Gasteiger partial charge in [-0.25, -0.2) is 0 Å². The fraction of sp³-hybridized carbons (Fsp3) is 0.500. The molecular formula is C14H21NO. The fourth-order valence-corrected chi connectivity index (χ4v) is 2.34. The van der Waals surface area contributed by atoms with Gasteiger partial charge in [-0.2, -0.15) is 0 Å². The molecule has 2 heteroatoms. The van der Waals surface area contributed by atoms with E-state index in [1.54, 1.807) is 0 Å². The Morgan fingerprint density at radius 2 is 1.88 bits per heavy atom. The lowest BCUT2D eigenvalue weighted by atomic mass is 9.90. The molecule has 0 heterocycles. The Balaban J connectivity index is 3.27. The van der Waals surface area contributed by atoms with Gasteiger partial charge in [-0.15, -0.1) is 0 Å². The van der Waals surface area contributed by atoms with Gasteiger partial charge in [-0.3, -0.25) is 4.79 Å². The van der Waals surface area contributed by atoms with Crippen molar-refractivity contribution < 1.29 is 4.79 Å². The van der Waals surface area contributed by atoms with Gasteiger partial charge >= 0.3 is 0 Å². The fourth-order valence-electron chi connectivity index (χ4n) is 2.34. The molecule has 88 valence electrons. The van der Waals surface area contributed by atoms with Crippen LogP contribution < -0.4 is 5.73 Å². The third-order valence-electron chi connectivity index (χ3n) is 3.16. The van der Waals surface area contributed by atoms with E-state index in [0.29, 0.717) is 5.56 Å². The quantitative estimate of drug-likeness (QED) is 0.831. The van der Waals surface area contributed by atoms with Crippen molar-refractivity contribution in [3.8, 4) is 0 Å². The van der Waals surface area contributed by atoms with Crippen molar-refractivity contribution in [3.05, 3.63) is 33.9 Å². The summed E-state index contributed by atoms with van der Waals surface area (Å²) in [7, 11) is 0. The van der Waals surface area contributed by atoms with E-state index in [0.717, 1.165) is 24.0 Å². The second kappa shape index (κ2) is 5.15. The predicted molar refractivity (Wildman–Crippen MR) is 67.8 cm³/mol. The molecule has 0 atom stereocenters. The summed E-state index contributed by atoms with van der Waals surface area (Å²) in [6.45, 7) is 8.23. The Morgan fingerprint density at radius 1 is 1.25 bits per heavy atom. The van der Waals surface area contributed by atoms with E-state index in [9.17, 15) is 4.79 Å². The number of primary amides is 1. The molecular weight excluding hydrogens is 198 g/mol. The molecule has 2 N–H and O–H groups in total. The number of nitrogens with two attached hydrogens (primary N) is 1. The first-order valence-electron chi connectivity index (χ1n) is 5.88. The van der Waals surface area contributed by atoms with E-state index in [1.165, 1.54) is 17.5 Å². The van der Waals surface area contributed by atoms with E-state index < -0.39 is 0 Å². The summed E-state index contributed by atoms with van der Waals surface area (Å²) in [6.07, 6.45) is 3.36. The van der Waals surface area contributed by atoms with Crippen molar-refractivity contribution in [2.24, 2.45) is 5.73 Å². The van der Waals surface area contributed by atoms with Crippen LogP contribution in [0, 0.1) is 20.8 Å². The summed E-state index contributed by atoms with van der Waals surface area (Å²) >= 11 is 0. The molecule has 0 aliphatic rings. The lowest BCUT2D eigenvalue weighted by Gasteiger charge is -2.15. The van der Waals surface area contributed by atoms with Crippen molar-refractivity contribution in [1.82, 2.24) is 0 Å². The topological polar surface area (TPSA) is 43.1 Å². The Kier molecular flexibility index (Phi) is 4.11. The van der Waals surface area contributed by atoms with E-state index >= 15 is 0 Å². The number of carbonyl (C=O) groups excluding carboxylic acids is 1. The molecule has 2 nitrogen and oxygen atoms in total. The Hall–Kier alpha value is -1.31. The van der Waals surface area contributed by atoms with Gasteiger partial charge in [0.2, 0.25) is 5.91 Å². The minimum Gasteiger partial charge on any atom is -0.366 e. The summed E-state index contributed by atoms with van der Waals surface area (Å²) in [5.41, 5.74) is 10.8. The van der Waals surface area contributed by atoms with Crippen LogP contribution in [0.4, 0.5) is 0 Å². The van der Waals surface area contributed by atoms with Gasteiger partial charge in [0.1, 0.15) is 0 Å². The smallest absolute Gasteiger partial charge is 0.249 e. The third kappa shape index (κ3) is 2.43. The number of rotatable bonds is 4. The minimum atomic E-state index is -0.312. The molecule has 16 heavy (non-hydrogen) atoms. The van der Waals surface area contributed by atoms with Crippen LogP contribution >= 0.6 is 0 Å². The maximum Gasteiger partial charge on any atom is 0.249 e. The first-order valence-corrected chi connectivity index (χ1v) is 5.88. The normalized spacial score (nSPS) is 10.5. The van der Waals surface area contributed by atoms with Crippen molar-refractivity contribution in [1.29, 1.82) is 0 Å². The summed E-state index contributed by atoms with van der Waals surface area (Å²) in [5.74, 6) is -0.312. The van der Waals surface area contributed by atoms with Crippen molar-refractivity contribution in [2.45, 2.75) is 47.0 Å². The number of hydrogen-bond donors (Lipinski definition) is 1. The second-order valence-electron chi connectivity index (χ2n) is 4.46. The zero-order chi connectivity index (χ0) is 12.3. The molecule has 0 saturated carbocycles. The number of unbranched alkanes of at least 4 members (excludes halogenated alkanes) is 1. The monoisotopic (exact) mass is 219 g/mol. The zero-order valence-electron chi connectivity index (χ0n) is 10.7. The van der Waals surface area contributed by atoms with Crippen molar-refractivity contribution in [3.63, 3.8) is 0 Å². The molecule has 0 unspecified atom stereocenters. The van der Waals surface area contributed by atoms with Crippen molar-refractivity contribution in [2.75, 3.05) is 0 Å². The molecule has 0 aromatic heterocycles. The van der Waals surface area contributed by atoms with Gasteiger partial charge in [-0.1, -0.05) is 19.4 Å². The van der Waals surface area contributed by atoms with Gasteiger partial charge < -0.3 is 5.73 Å². The number of carbonyl (C=O) groups is 1. The summed E-state index contributed by atoms with van der Waals surface area (Å²) < 4.78 is 0. The van der Waals surface area contributed by atoms with E-state index in [-0.39, 0.29) is 5.91 Å². The lowest BCUT2D eigenvalue weighted by molar-refractivity contribution is 0.0999. The van der Waals surface area contributed by atoms with E-state index in [2.05, 4.69) is 19.9 Å². The molecule has 0 fully saturated rings. The minimum absolute atomic E-state index is 0.312. The van der Waals surface area contributed by atoms with Crippen LogP contribution in [0.3, 0.4) is 0 Å². The Labute approximate surface area is 97.9 Å². The van der Waals surface area contributed by atoms with Crippen LogP contribution in [0.25, 0.3) is 0 Å². The SMILES string of the molecule is CCCCc1c(C)cc(C)c(C(N)=O)c1C. The third-order valence-corrected chi connectivity index (χ3v) is 3.16. The van der Waals surface area contributed by atoms with Crippen LogP contribution in [-0.2, 0) is 6.42 Å². The van der Waals surface area contributed by atoms with Crippen LogP contribution in [0.5, 0.6) is 0 Å². The molecule has 0 radical (unpaired) electrons. The van der Waals surface area contributed by atoms with Gasteiger partial charge in [0, 0.05) is 5.56 Å². The summed E-state index contributed by atoms with van der Waals surface area (Å²) in [6, 6.07) is 2.07. The summed E-state index contributed by atoms with van der Waals surface area (Å²) in [5, 5.41) is 0. The maximum atomic E-state index is 11.4. The summed E-state index contributed by atoms with van der Waals surface area (Å²) in [4.78, 5) is 11.4. The number of hydrogen-bond acceptors (Lipinski definition) is 1. The number of aryl methyl sites for hydroxylation is 2. The molecule has 0 aliphatic heterocycles. The lowest BCUT2D eigenvalue weighted by Crippen LogP contribution is -2.16. The Morgan fingerprint density at radius 3 is 2.38 bits per heavy atom. The van der Waals surface area contributed by atoms with Crippen molar-refractivity contribution >= 4 is 5.91 Å². The van der Waals surface area contributed by atoms with Crippen LogP contribution in [0.15, 0.2) is 6.07 Å². The first-order chi connectivity index (χ1) is 7.49. The molecule has 1 aromatic carbocycles. The van der Waals surface area contributed by atoms with Crippen LogP contribution in [0.1, 0.15) is 52.4 Å². The highest BCUT2D eigenvalue weighted by Crippen LogP contribution is 2.23. The molecule has 1 amide bonds. The molecule has 1 aromatic rings. The number of benzene rings is 1. The highest BCUT2D eigenvalue weighted by atomic mass is 16.1. The maximum absolute atomic E-state index is 11.4. The highest BCUT2D eigenvalue weighted by Gasteiger charge is 2.14. The second-order valence-corrected chi connectivity index (χ2v) is 4.46. The standard InChI is InChI=1S/C14H21NO/c1-5-6-7-12-9(2)8-10(3)13(11(12)4)14(15)16/h8H,5-7H2,1-4H3,(H2,15,16). The van der Waals surface area contributed by atoms with E-state index in [4.69, 9.17) is 5.73 Å². The largest absolute Gasteiger partial charge is 0.366 e. The molecule has 1 rings (SSSR count). The average Bonchev–Trinajstić information content (AvgIpc) is 2.16. The van der Waals surface area contributed by atoms with Crippen LogP contribution in [0.2, 0.25) is 0 Å². The zero-order valence-corrected chi connectivity index (χ0v) is 10.7. The van der Waals surface area contributed by atoms with Gasteiger partial charge in [0.05, 0.1) is 0 Å². The molecule has 0 spiro atoms. The first kappa shape index (κ1) is 12.8. The van der Waals surface area contributed by atoms with Gasteiger partial charge in [-0.05, 0) is 55.9 Å². The van der Waals surface area contributed by atoms with E-state index in [1.807, 2.05) is 13.8 Å². The molecule has 0 aliphatic carbocycles. The highest BCUT2D eigenvalue weighted by molar-refractivity contribution is 5.96.